The van der Waals surface area contributed by atoms with Crippen LogP contribution in [-0.4, -0.2) is 27.0 Å². The van der Waals surface area contributed by atoms with Crippen LogP contribution >= 0.6 is 0 Å². The first kappa shape index (κ1) is 16.7. The van der Waals surface area contributed by atoms with Gasteiger partial charge in [0.15, 0.2) is 8.32 Å². The van der Waals surface area contributed by atoms with Crippen LogP contribution in [-0.2, 0) is 14.0 Å². The van der Waals surface area contributed by atoms with Gasteiger partial charge in [-0.2, -0.15) is 0 Å². The molecule has 0 aromatic rings. The van der Waals surface area contributed by atoms with Gasteiger partial charge in [0.05, 0.1) is 18.6 Å². The SMILES string of the molecule is CCOC(=O)[C@@H]1CCCC[C@H]1O[Si](C)(C)C(C)(C)C. The second-order valence-electron chi connectivity index (χ2n) is 7.06. The van der Waals surface area contributed by atoms with Gasteiger partial charge in [0, 0.05) is 0 Å². The molecule has 19 heavy (non-hydrogen) atoms. The Labute approximate surface area is 119 Å². The molecule has 0 bridgehead atoms. The van der Waals surface area contributed by atoms with Crippen LogP contribution in [0.5, 0.6) is 0 Å². The van der Waals surface area contributed by atoms with Crippen LogP contribution in [0, 0.1) is 5.92 Å². The van der Waals surface area contributed by atoms with Gasteiger partial charge in [-0.15, -0.1) is 0 Å². The van der Waals surface area contributed by atoms with Crippen LogP contribution < -0.4 is 0 Å². The second kappa shape index (κ2) is 6.40. The van der Waals surface area contributed by atoms with Crippen LogP contribution in [0.3, 0.4) is 0 Å². The zero-order valence-electron chi connectivity index (χ0n) is 13.4. The Morgan fingerprint density at radius 1 is 1.21 bits per heavy atom. The molecule has 1 aliphatic rings. The highest BCUT2D eigenvalue weighted by Crippen LogP contribution is 2.40. The van der Waals surface area contributed by atoms with Crippen molar-refractivity contribution >= 4 is 14.3 Å². The Hall–Kier alpha value is -0.353. The van der Waals surface area contributed by atoms with Gasteiger partial charge in [-0.05, 0) is 37.9 Å². The van der Waals surface area contributed by atoms with Crippen LogP contribution in [0.4, 0.5) is 0 Å². The van der Waals surface area contributed by atoms with Gasteiger partial charge in [0.2, 0.25) is 0 Å². The first-order valence-electron chi connectivity index (χ1n) is 7.53. The third-order valence-electron chi connectivity index (χ3n) is 4.54. The lowest BCUT2D eigenvalue weighted by Crippen LogP contribution is -2.48. The monoisotopic (exact) mass is 286 g/mol. The summed E-state index contributed by atoms with van der Waals surface area (Å²) in [5.41, 5.74) is 0. The predicted molar refractivity (Wildman–Crippen MR) is 80.7 cm³/mol. The molecule has 0 saturated heterocycles. The minimum atomic E-state index is -1.81. The third-order valence-corrected chi connectivity index (χ3v) is 9.05. The molecule has 1 fully saturated rings. The van der Waals surface area contributed by atoms with Crippen molar-refractivity contribution in [2.45, 2.75) is 77.6 Å². The number of carbonyl (C=O) groups is 1. The summed E-state index contributed by atoms with van der Waals surface area (Å²) in [5.74, 6) is -0.117. The largest absolute Gasteiger partial charge is 0.466 e. The van der Waals surface area contributed by atoms with Crippen molar-refractivity contribution in [2.75, 3.05) is 6.61 Å². The number of esters is 1. The number of carbonyl (C=O) groups excluding carboxylic acids is 1. The van der Waals surface area contributed by atoms with E-state index in [1.165, 1.54) is 0 Å². The van der Waals surface area contributed by atoms with Gasteiger partial charge in [-0.25, -0.2) is 0 Å². The summed E-state index contributed by atoms with van der Waals surface area (Å²) in [4.78, 5) is 12.1. The summed E-state index contributed by atoms with van der Waals surface area (Å²) in [6, 6.07) is 0. The van der Waals surface area contributed by atoms with Crippen molar-refractivity contribution in [3.63, 3.8) is 0 Å². The van der Waals surface area contributed by atoms with Gasteiger partial charge in [-0.1, -0.05) is 33.6 Å². The smallest absolute Gasteiger partial charge is 0.311 e. The number of ether oxygens (including phenoxy) is 1. The highest BCUT2D eigenvalue weighted by molar-refractivity contribution is 6.74. The molecule has 0 heterocycles. The van der Waals surface area contributed by atoms with Crippen molar-refractivity contribution in [3.8, 4) is 0 Å². The van der Waals surface area contributed by atoms with E-state index in [1.54, 1.807) is 0 Å². The van der Waals surface area contributed by atoms with Crippen LogP contribution in [0.15, 0.2) is 0 Å². The highest BCUT2D eigenvalue weighted by atomic mass is 28.4. The molecule has 4 heteroatoms. The van der Waals surface area contributed by atoms with Crippen LogP contribution in [0.25, 0.3) is 0 Å². The van der Waals surface area contributed by atoms with Crippen molar-refractivity contribution in [1.82, 2.24) is 0 Å². The molecule has 0 spiro atoms. The first-order chi connectivity index (χ1) is 8.69. The molecule has 1 saturated carbocycles. The van der Waals surface area contributed by atoms with Crippen LogP contribution in [0.1, 0.15) is 53.4 Å². The Bertz CT molecular complexity index is 307. The molecule has 0 radical (unpaired) electrons. The normalized spacial score (nSPS) is 25.2. The maximum atomic E-state index is 12.1. The number of hydrogen-bond donors (Lipinski definition) is 0. The van der Waals surface area contributed by atoms with Gasteiger partial charge in [0.25, 0.3) is 0 Å². The number of rotatable bonds is 4. The van der Waals surface area contributed by atoms with E-state index in [2.05, 4.69) is 33.9 Å². The summed E-state index contributed by atoms with van der Waals surface area (Å²) >= 11 is 0. The molecular weight excluding hydrogens is 256 g/mol. The summed E-state index contributed by atoms with van der Waals surface area (Å²) in [5, 5.41) is 0.184. The Kier molecular flexibility index (Phi) is 5.62. The Balaban J connectivity index is 2.75. The second-order valence-corrected chi connectivity index (χ2v) is 11.8. The Morgan fingerprint density at radius 3 is 2.32 bits per heavy atom. The average Bonchev–Trinajstić information content (AvgIpc) is 2.28. The molecule has 3 nitrogen and oxygen atoms in total. The summed E-state index contributed by atoms with van der Waals surface area (Å²) < 4.78 is 11.7. The van der Waals surface area contributed by atoms with Gasteiger partial charge in [-0.3, -0.25) is 4.79 Å². The molecule has 0 N–H and O–H groups in total. The molecule has 2 atom stereocenters. The van der Waals surface area contributed by atoms with E-state index in [1.807, 2.05) is 6.92 Å². The van der Waals surface area contributed by atoms with E-state index in [9.17, 15) is 4.79 Å². The lowest BCUT2D eigenvalue weighted by molar-refractivity contribution is -0.153. The van der Waals surface area contributed by atoms with E-state index < -0.39 is 8.32 Å². The number of hydrogen-bond acceptors (Lipinski definition) is 3. The topological polar surface area (TPSA) is 35.5 Å². The minimum absolute atomic E-state index is 0.0529. The molecule has 0 aliphatic heterocycles. The molecule has 0 aromatic heterocycles. The van der Waals surface area contributed by atoms with Crippen molar-refractivity contribution < 1.29 is 14.0 Å². The summed E-state index contributed by atoms with van der Waals surface area (Å²) in [6.07, 6.45) is 4.25. The molecular formula is C15H30O3Si. The summed E-state index contributed by atoms with van der Waals surface area (Å²) in [7, 11) is -1.81. The van der Waals surface area contributed by atoms with Gasteiger partial charge >= 0.3 is 5.97 Å². The van der Waals surface area contributed by atoms with Crippen molar-refractivity contribution in [2.24, 2.45) is 5.92 Å². The lowest BCUT2D eigenvalue weighted by atomic mass is 9.87. The lowest BCUT2D eigenvalue weighted by Gasteiger charge is -2.42. The molecule has 1 rings (SSSR count). The molecule has 112 valence electrons. The highest BCUT2D eigenvalue weighted by Gasteiger charge is 2.43. The first-order valence-corrected chi connectivity index (χ1v) is 10.4. The fourth-order valence-corrected chi connectivity index (χ4v) is 3.70. The maximum Gasteiger partial charge on any atom is 0.311 e. The third kappa shape index (κ3) is 4.31. The van der Waals surface area contributed by atoms with E-state index in [0.717, 1.165) is 25.7 Å². The van der Waals surface area contributed by atoms with E-state index in [-0.39, 0.29) is 23.0 Å². The van der Waals surface area contributed by atoms with E-state index in [0.29, 0.717) is 6.61 Å². The fraction of sp³-hybridized carbons (Fsp3) is 0.933. The zero-order chi connectivity index (χ0) is 14.7. The van der Waals surface area contributed by atoms with E-state index >= 15 is 0 Å². The molecule has 0 aromatic carbocycles. The molecule has 0 amide bonds. The van der Waals surface area contributed by atoms with Gasteiger partial charge < -0.3 is 9.16 Å². The van der Waals surface area contributed by atoms with Gasteiger partial charge in [0.1, 0.15) is 0 Å². The molecule has 0 unspecified atom stereocenters. The maximum absolute atomic E-state index is 12.1. The predicted octanol–water partition coefficient (Wildman–Crippen LogP) is 4.13. The fourth-order valence-electron chi connectivity index (χ4n) is 2.31. The van der Waals surface area contributed by atoms with Crippen LogP contribution in [0.2, 0.25) is 18.1 Å². The van der Waals surface area contributed by atoms with Crippen molar-refractivity contribution in [1.29, 1.82) is 0 Å². The summed E-state index contributed by atoms with van der Waals surface area (Å²) in [6.45, 7) is 13.5. The molecule has 1 aliphatic carbocycles. The minimum Gasteiger partial charge on any atom is -0.466 e. The van der Waals surface area contributed by atoms with Crippen molar-refractivity contribution in [3.05, 3.63) is 0 Å². The standard InChI is InChI=1S/C15H30O3Si/c1-7-17-14(16)12-10-8-9-11-13(12)18-19(5,6)15(2,3)4/h12-13H,7-11H2,1-6H3/t12-,13-/m1/s1. The quantitative estimate of drug-likeness (QED) is 0.576. The zero-order valence-corrected chi connectivity index (χ0v) is 14.4. The van der Waals surface area contributed by atoms with E-state index in [4.69, 9.17) is 9.16 Å². The average molecular weight is 286 g/mol. The Morgan fingerprint density at radius 2 is 1.79 bits per heavy atom.